The Kier molecular flexibility index (Phi) is 7.70. The maximum absolute atomic E-state index is 13.6. The zero-order chi connectivity index (χ0) is 20.4. The smallest absolute Gasteiger partial charge is 0.267 e. The van der Waals surface area contributed by atoms with Crippen LogP contribution in [0.2, 0.25) is 20.1 Å². The molecule has 27 heavy (non-hydrogen) atoms. The quantitative estimate of drug-likeness (QED) is 0.525. The number of sulfonamides is 1. The van der Waals surface area contributed by atoms with E-state index in [0.29, 0.717) is 17.0 Å². The van der Waals surface area contributed by atoms with Crippen molar-refractivity contribution in [1.29, 1.82) is 0 Å². The molecule has 0 spiro atoms. The van der Waals surface area contributed by atoms with Gasteiger partial charge in [0.25, 0.3) is 10.0 Å². The lowest BCUT2D eigenvalue weighted by atomic mass is 10.1. The Morgan fingerprint density at radius 1 is 1.04 bits per heavy atom. The van der Waals surface area contributed by atoms with Gasteiger partial charge in [0.2, 0.25) is 0 Å². The molecule has 0 radical (unpaired) electrons. The first-order chi connectivity index (χ1) is 12.6. The van der Waals surface area contributed by atoms with Gasteiger partial charge < -0.3 is 5.11 Å². The van der Waals surface area contributed by atoms with Gasteiger partial charge in [0.05, 0.1) is 22.3 Å². The molecule has 0 heterocycles. The number of aliphatic hydroxyl groups is 1. The highest BCUT2D eigenvalue weighted by Crippen LogP contribution is 2.39. The van der Waals surface area contributed by atoms with E-state index in [1.165, 1.54) is 22.5 Å². The fourth-order valence-corrected chi connectivity index (χ4v) is 6.27. The van der Waals surface area contributed by atoms with Crippen LogP contribution in [0.25, 0.3) is 0 Å². The Bertz CT molecular complexity index is 911. The van der Waals surface area contributed by atoms with Crippen LogP contribution in [-0.2, 0) is 16.6 Å². The molecule has 9 heteroatoms. The number of aliphatic hydroxyl groups excluding tert-OH is 1. The van der Waals surface area contributed by atoms with E-state index in [4.69, 9.17) is 46.4 Å². The molecule has 1 unspecified atom stereocenters. The van der Waals surface area contributed by atoms with Gasteiger partial charge in [-0.1, -0.05) is 65.8 Å². The summed E-state index contributed by atoms with van der Waals surface area (Å²) in [7, 11) is -4.16. The summed E-state index contributed by atoms with van der Waals surface area (Å²) in [5.41, 5.74) is 0.708. The first-order valence-electron chi connectivity index (χ1n) is 8.21. The van der Waals surface area contributed by atoms with Crippen LogP contribution in [0.4, 0.5) is 5.69 Å². The number of hydrogen-bond acceptors (Lipinski definition) is 3. The number of halogens is 4. The summed E-state index contributed by atoms with van der Waals surface area (Å²) in [6.45, 7) is 3.38. The second kappa shape index (κ2) is 9.21. The van der Waals surface area contributed by atoms with Crippen LogP contribution in [0.5, 0.6) is 0 Å². The second-order valence-electron chi connectivity index (χ2n) is 6.07. The minimum atomic E-state index is -4.16. The Balaban J connectivity index is 2.78. The molecule has 1 atom stereocenters. The molecule has 148 valence electrons. The van der Waals surface area contributed by atoms with Gasteiger partial charge >= 0.3 is 0 Å². The summed E-state index contributed by atoms with van der Waals surface area (Å²) in [6.07, 6.45) is 1.34. The summed E-state index contributed by atoms with van der Waals surface area (Å²) >= 11 is 24.4. The predicted octanol–water partition coefficient (Wildman–Crippen LogP) is 6.18. The summed E-state index contributed by atoms with van der Waals surface area (Å²) in [5, 5.41) is 10.1. The van der Waals surface area contributed by atoms with E-state index >= 15 is 0 Å². The zero-order valence-corrected chi connectivity index (χ0v) is 18.6. The number of rotatable bonds is 7. The Morgan fingerprint density at radius 2 is 1.63 bits per heavy atom. The summed E-state index contributed by atoms with van der Waals surface area (Å²) in [5.74, 6) is 0. The monoisotopic (exact) mass is 469 g/mol. The predicted molar refractivity (Wildman–Crippen MR) is 113 cm³/mol. The molecule has 4 nitrogen and oxygen atoms in total. The van der Waals surface area contributed by atoms with Crippen molar-refractivity contribution >= 4 is 62.1 Å². The lowest BCUT2D eigenvalue weighted by Crippen LogP contribution is -2.39. The Morgan fingerprint density at radius 3 is 2.15 bits per heavy atom. The second-order valence-corrected chi connectivity index (χ2v) is 9.51. The molecule has 0 aromatic heterocycles. The van der Waals surface area contributed by atoms with Crippen LogP contribution < -0.4 is 4.31 Å². The average Bonchev–Trinajstić information content (AvgIpc) is 2.53. The van der Waals surface area contributed by atoms with E-state index in [1.807, 2.05) is 6.92 Å². The maximum Gasteiger partial charge on any atom is 0.267 e. The molecular formula is C18H19Cl4NO3S. The topological polar surface area (TPSA) is 57.6 Å². The molecule has 0 amide bonds. The molecule has 0 saturated heterocycles. The maximum atomic E-state index is 13.6. The van der Waals surface area contributed by atoms with Crippen LogP contribution in [0.15, 0.2) is 35.2 Å². The third kappa shape index (κ3) is 4.84. The van der Waals surface area contributed by atoms with Crippen molar-refractivity contribution in [2.45, 2.75) is 44.2 Å². The lowest BCUT2D eigenvalue weighted by molar-refractivity contribution is 0.282. The summed E-state index contributed by atoms with van der Waals surface area (Å²) in [6, 6.07) is 6.92. The van der Waals surface area contributed by atoms with Crippen molar-refractivity contribution in [2.75, 3.05) is 4.31 Å². The van der Waals surface area contributed by atoms with Gasteiger partial charge in [-0.2, -0.15) is 0 Å². The fourth-order valence-electron chi connectivity index (χ4n) is 2.89. The van der Waals surface area contributed by atoms with E-state index in [1.54, 1.807) is 19.1 Å². The normalized spacial score (nSPS) is 12.9. The number of anilines is 1. The first kappa shape index (κ1) is 22.6. The zero-order valence-electron chi connectivity index (χ0n) is 14.7. The molecule has 2 aromatic rings. The highest BCUT2D eigenvalue weighted by atomic mass is 35.5. The fraction of sp³-hybridized carbons (Fsp3) is 0.333. The average molecular weight is 471 g/mol. The SMILES string of the molecule is CCCC(C)N(c1cc(Cl)ccc1CO)S(=O)(=O)c1c(Cl)cc(Cl)cc1Cl. The van der Waals surface area contributed by atoms with Gasteiger partial charge in [-0.15, -0.1) is 0 Å². The first-order valence-corrected chi connectivity index (χ1v) is 11.2. The Hall–Kier alpha value is -0.690. The third-order valence-corrected chi connectivity index (χ3v) is 7.35. The van der Waals surface area contributed by atoms with E-state index in [2.05, 4.69) is 0 Å². The molecule has 1 N–H and O–H groups in total. The van der Waals surface area contributed by atoms with Crippen molar-refractivity contribution in [3.05, 3.63) is 56.0 Å². The molecule has 0 bridgehead atoms. The standard InChI is InChI=1S/C18H19Cl4NO3S/c1-3-4-11(2)23(17-9-13(19)6-5-12(17)10-24)27(25,26)18-15(21)7-14(20)8-16(18)22/h5-9,11,24H,3-4,10H2,1-2H3. The minimum Gasteiger partial charge on any atom is -0.392 e. The van der Waals surface area contributed by atoms with Gasteiger partial charge in [0.15, 0.2) is 0 Å². The van der Waals surface area contributed by atoms with E-state index in [-0.39, 0.29) is 32.3 Å². The highest BCUT2D eigenvalue weighted by molar-refractivity contribution is 7.93. The molecular weight excluding hydrogens is 452 g/mol. The van der Waals surface area contributed by atoms with Crippen molar-refractivity contribution in [3.63, 3.8) is 0 Å². The van der Waals surface area contributed by atoms with Crippen molar-refractivity contribution in [1.82, 2.24) is 0 Å². The van der Waals surface area contributed by atoms with E-state index in [9.17, 15) is 13.5 Å². The molecule has 0 saturated carbocycles. The van der Waals surface area contributed by atoms with Gasteiger partial charge in [-0.3, -0.25) is 4.31 Å². The van der Waals surface area contributed by atoms with Crippen LogP contribution in [-0.4, -0.2) is 19.6 Å². The molecule has 2 aromatic carbocycles. The molecule has 0 fully saturated rings. The largest absolute Gasteiger partial charge is 0.392 e. The van der Waals surface area contributed by atoms with Crippen LogP contribution in [0, 0.1) is 0 Å². The van der Waals surface area contributed by atoms with Crippen LogP contribution in [0.3, 0.4) is 0 Å². The Labute approximate surface area is 179 Å². The van der Waals surface area contributed by atoms with Crippen molar-refractivity contribution in [2.24, 2.45) is 0 Å². The van der Waals surface area contributed by atoms with Crippen LogP contribution >= 0.6 is 46.4 Å². The van der Waals surface area contributed by atoms with Gasteiger partial charge in [0.1, 0.15) is 4.90 Å². The molecule has 0 aliphatic rings. The number of benzene rings is 2. The molecule has 0 aliphatic carbocycles. The van der Waals surface area contributed by atoms with Gasteiger partial charge in [-0.25, -0.2) is 8.42 Å². The minimum absolute atomic E-state index is 0.0752. The van der Waals surface area contributed by atoms with E-state index in [0.717, 1.165) is 6.42 Å². The molecule has 2 rings (SSSR count). The number of hydrogen-bond donors (Lipinski definition) is 1. The molecule has 0 aliphatic heterocycles. The van der Waals surface area contributed by atoms with Crippen molar-refractivity contribution < 1.29 is 13.5 Å². The van der Waals surface area contributed by atoms with Gasteiger partial charge in [-0.05, 0) is 37.6 Å². The highest BCUT2D eigenvalue weighted by Gasteiger charge is 2.34. The summed E-state index contributed by atoms with van der Waals surface area (Å²) in [4.78, 5) is -0.234. The summed E-state index contributed by atoms with van der Waals surface area (Å²) < 4.78 is 28.4. The van der Waals surface area contributed by atoms with Gasteiger partial charge in [0, 0.05) is 21.7 Å². The van der Waals surface area contributed by atoms with E-state index < -0.39 is 16.1 Å². The number of nitrogens with zero attached hydrogens (tertiary/aromatic N) is 1. The van der Waals surface area contributed by atoms with Crippen molar-refractivity contribution in [3.8, 4) is 0 Å². The lowest BCUT2D eigenvalue weighted by Gasteiger charge is -2.32. The van der Waals surface area contributed by atoms with Crippen LogP contribution in [0.1, 0.15) is 32.3 Å². The third-order valence-electron chi connectivity index (χ3n) is 4.04.